The molecule has 1 aliphatic rings. The Kier molecular flexibility index (Phi) is 5.16. The van der Waals surface area contributed by atoms with Crippen LogP contribution in [0.2, 0.25) is 0 Å². The fourth-order valence-electron chi connectivity index (χ4n) is 3.32. The summed E-state index contributed by atoms with van der Waals surface area (Å²) in [6, 6.07) is 8.26. The molecule has 0 spiro atoms. The van der Waals surface area contributed by atoms with Crippen molar-refractivity contribution in [2.24, 2.45) is 0 Å². The first-order chi connectivity index (χ1) is 11.5. The molecule has 2 aromatic rings. The number of nitrogens with one attached hydrogen (secondary N) is 1. The van der Waals surface area contributed by atoms with Crippen molar-refractivity contribution in [1.82, 2.24) is 15.2 Å². The van der Waals surface area contributed by atoms with Gasteiger partial charge in [0, 0.05) is 43.9 Å². The molecule has 1 N–H and O–H groups in total. The quantitative estimate of drug-likeness (QED) is 0.905. The second-order valence-corrected chi connectivity index (χ2v) is 7.30. The molecule has 24 heavy (non-hydrogen) atoms. The maximum atomic E-state index is 11.6. The summed E-state index contributed by atoms with van der Waals surface area (Å²) in [5.41, 5.74) is 2.33. The number of methoxy groups -OCH3 is 1. The zero-order valence-electron chi connectivity index (χ0n) is 14.3. The minimum Gasteiger partial charge on any atom is -0.497 e. The molecule has 0 radical (unpaired) electrons. The third kappa shape index (κ3) is 3.94. The molecular formula is C18H23N3O2S. The molecule has 1 aliphatic heterocycles. The van der Waals surface area contributed by atoms with E-state index in [0.29, 0.717) is 0 Å². The lowest BCUT2D eigenvalue weighted by atomic mass is 9.94. The van der Waals surface area contributed by atoms with Gasteiger partial charge in [0.1, 0.15) is 5.75 Å². The van der Waals surface area contributed by atoms with Gasteiger partial charge in [-0.1, -0.05) is 12.1 Å². The first-order valence-electron chi connectivity index (χ1n) is 8.09. The van der Waals surface area contributed by atoms with Crippen molar-refractivity contribution in [1.29, 1.82) is 0 Å². The van der Waals surface area contributed by atoms with E-state index in [9.17, 15) is 4.79 Å². The molecular weight excluding hydrogens is 322 g/mol. The number of rotatable bonds is 5. The average molecular weight is 345 g/mol. The van der Waals surface area contributed by atoms with E-state index < -0.39 is 0 Å². The second kappa shape index (κ2) is 7.32. The molecule has 5 nitrogen and oxygen atoms in total. The van der Waals surface area contributed by atoms with Crippen LogP contribution >= 0.6 is 11.3 Å². The van der Waals surface area contributed by atoms with E-state index in [1.54, 1.807) is 25.4 Å². The fourth-order valence-corrected chi connectivity index (χ4v) is 3.92. The summed E-state index contributed by atoms with van der Waals surface area (Å²) in [5.74, 6) is 1.15. The SMILES string of the molecule is COc1ccc([C@H]2CN(Cc3csc(C)n3)C[C@@H]2NC(C)=O)cc1. The Morgan fingerprint density at radius 1 is 1.38 bits per heavy atom. The number of carbonyl (C=O) groups is 1. The van der Waals surface area contributed by atoms with Gasteiger partial charge in [-0.25, -0.2) is 4.98 Å². The molecule has 3 rings (SSSR count). The molecule has 1 fully saturated rings. The van der Waals surface area contributed by atoms with Crippen LogP contribution in [0.15, 0.2) is 29.6 Å². The number of nitrogens with zero attached hydrogens (tertiary/aromatic N) is 2. The first-order valence-corrected chi connectivity index (χ1v) is 8.97. The molecule has 0 aliphatic carbocycles. The number of carbonyl (C=O) groups excluding carboxylic acids is 1. The molecule has 0 bridgehead atoms. The zero-order chi connectivity index (χ0) is 17.1. The average Bonchev–Trinajstić information content (AvgIpc) is 3.13. The summed E-state index contributed by atoms with van der Waals surface area (Å²) >= 11 is 1.68. The summed E-state index contributed by atoms with van der Waals surface area (Å²) in [4.78, 5) is 18.5. The van der Waals surface area contributed by atoms with E-state index in [-0.39, 0.29) is 17.9 Å². The third-order valence-electron chi connectivity index (χ3n) is 4.38. The molecule has 0 saturated carbocycles. The lowest BCUT2D eigenvalue weighted by molar-refractivity contribution is -0.119. The van der Waals surface area contributed by atoms with E-state index in [2.05, 4.69) is 32.7 Å². The molecule has 2 heterocycles. The number of benzene rings is 1. The van der Waals surface area contributed by atoms with Gasteiger partial charge in [-0.3, -0.25) is 9.69 Å². The van der Waals surface area contributed by atoms with Crippen molar-refractivity contribution < 1.29 is 9.53 Å². The Labute approximate surface area is 146 Å². The minimum absolute atomic E-state index is 0.0184. The summed E-state index contributed by atoms with van der Waals surface area (Å²) in [5, 5.41) is 6.32. The summed E-state index contributed by atoms with van der Waals surface area (Å²) < 4.78 is 5.24. The van der Waals surface area contributed by atoms with Crippen LogP contribution in [0.1, 0.15) is 29.1 Å². The predicted molar refractivity (Wildman–Crippen MR) is 95.5 cm³/mol. The van der Waals surface area contributed by atoms with Gasteiger partial charge in [-0.2, -0.15) is 0 Å². The van der Waals surface area contributed by atoms with Gasteiger partial charge in [-0.15, -0.1) is 11.3 Å². The van der Waals surface area contributed by atoms with Gasteiger partial charge in [0.05, 0.1) is 17.8 Å². The number of thiazole rings is 1. The monoisotopic (exact) mass is 345 g/mol. The number of hydrogen-bond donors (Lipinski definition) is 1. The lowest BCUT2D eigenvalue weighted by Crippen LogP contribution is -2.38. The molecule has 1 amide bonds. The highest BCUT2D eigenvalue weighted by Gasteiger charge is 2.34. The van der Waals surface area contributed by atoms with Crippen molar-refractivity contribution in [2.75, 3.05) is 20.2 Å². The molecule has 1 aromatic carbocycles. The highest BCUT2D eigenvalue weighted by molar-refractivity contribution is 7.09. The van der Waals surface area contributed by atoms with Gasteiger partial charge in [-0.05, 0) is 24.6 Å². The predicted octanol–water partition coefficient (Wildman–Crippen LogP) is 2.56. The topological polar surface area (TPSA) is 54.5 Å². The van der Waals surface area contributed by atoms with E-state index in [0.717, 1.165) is 36.1 Å². The Bertz CT molecular complexity index is 699. The number of aromatic nitrogens is 1. The first kappa shape index (κ1) is 16.9. The summed E-state index contributed by atoms with van der Waals surface area (Å²) in [6.07, 6.45) is 0. The van der Waals surface area contributed by atoms with Crippen LogP contribution in [0.25, 0.3) is 0 Å². The maximum absolute atomic E-state index is 11.6. The standard InChI is InChI=1S/C18H23N3O2S/c1-12(22)19-18-10-21(8-15-11-24-13(2)20-15)9-17(18)14-4-6-16(23-3)7-5-14/h4-7,11,17-18H,8-10H2,1-3H3,(H,19,22)/t17-,18+/m1/s1. The van der Waals surface area contributed by atoms with Crippen LogP contribution in [0.3, 0.4) is 0 Å². The van der Waals surface area contributed by atoms with E-state index >= 15 is 0 Å². The van der Waals surface area contributed by atoms with Gasteiger partial charge in [0.25, 0.3) is 0 Å². The molecule has 128 valence electrons. The van der Waals surface area contributed by atoms with Gasteiger partial charge >= 0.3 is 0 Å². The number of amides is 1. The minimum atomic E-state index is 0.0184. The van der Waals surface area contributed by atoms with E-state index in [1.165, 1.54) is 5.56 Å². The smallest absolute Gasteiger partial charge is 0.217 e. The Hall–Kier alpha value is -1.92. The molecule has 1 aromatic heterocycles. The van der Waals surface area contributed by atoms with Crippen molar-refractivity contribution in [3.63, 3.8) is 0 Å². The van der Waals surface area contributed by atoms with E-state index in [1.807, 2.05) is 19.1 Å². The molecule has 2 atom stereocenters. The van der Waals surface area contributed by atoms with Gasteiger partial charge in [0.15, 0.2) is 0 Å². The highest BCUT2D eigenvalue weighted by atomic mass is 32.1. The van der Waals surface area contributed by atoms with Crippen LogP contribution in [0, 0.1) is 6.92 Å². The number of likely N-dealkylation sites (tertiary alicyclic amines) is 1. The summed E-state index contributed by atoms with van der Waals surface area (Å²) in [7, 11) is 1.67. The molecule has 0 unspecified atom stereocenters. The van der Waals surface area contributed by atoms with Crippen LogP contribution in [-0.4, -0.2) is 42.0 Å². The van der Waals surface area contributed by atoms with Crippen LogP contribution in [-0.2, 0) is 11.3 Å². The Morgan fingerprint density at radius 2 is 2.12 bits per heavy atom. The highest BCUT2D eigenvalue weighted by Crippen LogP contribution is 2.30. The Balaban J connectivity index is 1.75. The lowest BCUT2D eigenvalue weighted by Gasteiger charge is -2.19. The molecule has 6 heteroatoms. The zero-order valence-corrected chi connectivity index (χ0v) is 15.1. The molecule has 1 saturated heterocycles. The number of hydrogen-bond acceptors (Lipinski definition) is 5. The fraction of sp³-hybridized carbons (Fsp3) is 0.444. The van der Waals surface area contributed by atoms with Crippen LogP contribution < -0.4 is 10.1 Å². The van der Waals surface area contributed by atoms with Crippen molar-refractivity contribution in [3.8, 4) is 5.75 Å². The largest absolute Gasteiger partial charge is 0.497 e. The van der Waals surface area contributed by atoms with Crippen molar-refractivity contribution >= 4 is 17.2 Å². The normalized spacial score (nSPS) is 21.0. The van der Waals surface area contributed by atoms with Gasteiger partial charge in [0.2, 0.25) is 5.91 Å². The van der Waals surface area contributed by atoms with Crippen molar-refractivity contribution in [2.45, 2.75) is 32.4 Å². The van der Waals surface area contributed by atoms with Gasteiger partial charge < -0.3 is 10.1 Å². The Morgan fingerprint density at radius 3 is 2.71 bits per heavy atom. The van der Waals surface area contributed by atoms with Crippen LogP contribution in [0.4, 0.5) is 0 Å². The third-order valence-corrected chi connectivity index (χ3v) is 5.20. The van der Waals surface area contributed by atoms with Crippen molar-refractivity contribution in [3.05, 3.63) is 45.9 Å². The second-order valence-electron chi connectivity index (χ2n) is 6.24. The summed E-state index contributed by atoms with van der Waals surface area (Å²) in [6.45, 7) is 6.18. The van der Waals surface area contributed by atoms with Crippen LogP contribution in [0.5, 0.6) is 5.75 Å². The number of ether oxygens (including phenoxy) is 1. The van der Waals surface area contributed by atoms with E-state index in [4.69, 9.17) is 4.74 Å². The maximum Gasteiger partial charge on any atom is 0.217 e. The number of aryl methyl sites for hydroxylation is 1.